The number of likely N-dealkylation sites (tertiary alicyclic amines) is 1. The van der Waals surface area contributed by atoms with Gasteiger partial charge in [-0.1, -0.05) is 11.6 Å². The molecule has 1 aliphatic heterocycles. The number of aromatic nitrogens is 3. The number of hydrogen-bond acceptors (Lipinski definition) is 4. The molecule has 2 aromatic heterocycles. The van der Waals surface area contributed by atoms with Crippen LogP contribution in [-0.2, 0) is 6.18 Å². The predicted octanol–water partition coefficient (Wildman–Crippen LogP) is 2.76. The zero-order chi connectivity index (χ0) is 18.9. The van der Waals surface area contributed by atoms with E-state index < -0.39 is 23.3 Å². The molecular weight excluding hydrogens is 371 g/mol. The molecule has 3 heterocycles. The van der Waals surface area contributed by atoms with Crippen molar-refractivity contribution in [2.24, 2.45) is 0 Å². The molecule has 1 atom stereocenters. The number of alkyl halides is 3. The molecule has 0 aromatic carbocycles. The van der Waals surface area contributed by atoms with Crippen molar-refractivity contribution >= 4 is 17.5 Å². The Hall–Kier alpha value is -2.13. The summed E-state index contributed by atoms with van der Waals surface area (Å²) >= 11 is 5.96. The van der Waals surface area contributed by atoms with Crippen molar-refractivity contribution in [3.63, 3.8) is 0 Å². The van der Waals surface area contributed by atoms with Gasteiger partial charge in [-0.3, -0.25) is 4.79 Å². The van der Waals surface area contributed by atoms with Gasteiger partial charge >= 0.3 is 6.18 Å². The number of rotatable bonds is 3. The molecule has 1 fully saturated rings. The van der Waals surface area contributed by atoms with E-state index in [4.69, 9.17) is 11.6 Å². The van der Waals surface area contributed by atoms with Crippen LogP contribution in [0.2, 0.25) is 5.02 Å². The van der Waals surface area contributed by atoms with Crippen molar-refractivity contribution in [2.45, 2.75) is 25.1 Å². The van der Waals surface area contributed by atoms with Gasteiger partial charge in [-0.05, 0) is 32.0 Å². The second-order valence-electron chi connectivity index (χ2n) is 6.00. The Kier molecular flexibility index (Phi) is 5.19. The Morgan fingerprint density at radius 3 is 2.85 bits per heavy atom. The van der Waals surface area contributed by atoms with Crippen LogP contribution in [0.5, 0.6) is 0 Å². The van der Waals surface area contributed by atoms with Crippen LogP contribution in [0.25, 0.3) is 5.82 Å². The number of piperidine rings is 1. The first-order chi connectivity index (χ1) is 12.3. The first-order valence-corrected chi connectivity index (χ1v) is 8.43. The van der Waals surface area contributed by atoms with Crippen LogP contribution in [0.15, 0.2) is 24.5 Å². The highest BCUT2D eigenvalue weighted by molar-refractivity contribution is 6.32. The normalized spacial score (nSPS) is 18.2. The van der Waals surface area contributed by atoms with E-state index in [0.717, 1.165) is 19.0 Å². The van der Waals surface area contributed by atoms with E-state index in [0.29, 0.717) is 17.8 Å². The lowest BCUT2D eigenvalue weighted by atomic mass is 10.0. The minimum absolute atomic E-state index is 0.00770. The fourth-order valence-electron chi connectivity index (χ4n) is 3.04. The average Bonchev–Trinajstić information content (AvgIpc) is 3.06. The van der Waals surface area contributed by atoms with E-state index in [2.05, 4.69) is 15.4 Å². The maximum atomic E-state index is 13.7. The zero-order valence-electron chi connectivity index (χ0n) is 13.9. The van der Waals surface area contributed by atoms with Gasteiger partial charge in [0.15, 0.2) is 11.5 Å². The lowest BCUT2D eigenvalue weighted by Gasteiger charge is -2.32. The number of likely N-dealkylation sites (N-methyl/N-ethyl adjacent to an activating group) is 1. The Labute approximate surface area is 153 Å². The molecule has 140 valence electrons. The number of nitrogens with one attached hydrogen (secondary N) is 1. The summed E-state index contributed by atoms with van der Waals surface area (Å²) in [5, 5.41) is 6.82. The van der Waals surface area contributed by atoms with Crippen molar-refractivity contribution < 1.29 is 18.0 Å². The fraction of sp³-hybridized carbons (Fsp3) is 0.438. The Morgan fingerprint density at radius 1 is 1.42 bits per heavy atom. The molecule has 0 saturated carbocycles. The maximum absolute atomic E-state index is 13.7. The standard InChI is InChI=1S/C16H17ClF3N5O/c1-21-10-4-3-7-24(9-10)15(26)11-8-23-25(13(11)16(18,19)20)14-12(17)5-2-6-22-14/h2,5-6,8,10,21H,3-4,7,9H2,1H3. The van der Waals surface area contributed by atoms with Crippen LogP contribution >= 0.6 is 11.6 Å². The van der Waals surface area contributed by atoms with Crippen molar-refractivity contribution in [3.8, 4) is 5.82 Å². The van der Waals surface area contributed by atoms with E-state index in [9.17, 15) is 18.0 Å². The Balaban J connectivity index is 2.03. The van der Waals surface area contributed by atoms with Crippen LogP contribution in [0.3, 0.4) is 0 Å². The lowest BCUT2D eigenvalue weighted by molar-refractivity contribution is -0.143. The molecule has 1 N–H and O–H groups in total. The number of carbonyl (C=O) groups excluding carboxylic acids is 1. The number of amides is 1. The van der Waals surface area contributed by atoms with Crippen molar-refractivity contribution in [3.05, 3.63) is 40.8 Å². The summed E-state index contributed by atoms with van der Waals surface area (Å²) in [6, 6.07) is 2.97. The molecule has 0 radical (unpaired) electrons. The smallest absolute Gasteiger partial charge is 0.337 e. The fourth-order valence-corrected chi connectivity index (χ4v) is 3.24. The van der Waals surface area contributed by atoms with Crippen LogP contribution in [0, 0.1) is 0 Å². The summed E-state index contributed by atoms with van der Waals surface area (Å²) in [7, 11) is 1.76. The first kappa shape index (κ1) is 18.7. The van der Waals surface area contributed by atoms with E-state index in [1.54, 1.807) is 7.05 Å². The van der Waals surface area contributed by atoms with Gasteiger partial charge in [-0.2, -0.15) is 18.3 Å². The Bertz CT molecular complexity index is 807. The molecule has 0 spiro atoms. The van der Waals surface area contributed by atoms with Gasteiger partial charge in [-0.25, -0.2) is 9.67 Å². The summed E-state index contributed by atoms with van der Waals surface area (Å²) in [4.78, 5) is 18.0. The van der Waals surface area contributed by atoms with Crippen LogP contribution < -0.4 is 5.32 Å². The Morgan fingerprint density at radius 2 is 2.19 bits per heavy atom. The minimum Gasteiger partial charge on any atom is -0.337 e. The number of hydrogen-bond donors (Lipinski definition) is 1. The van der Waals surface area contributed by atoms with E-state index in [1.807, 2.05) is 0 Å². The van der Waals surface area contributed by atoms with E-state index in [1.165, 1.54) is 23.2 Å². The summed E-state index contributed by atoms with van der Waals surface area (Å²) < 4.78 is 41.7. The molecule has 1 unspecified atom stereocenters. The number of pyridine rings is 1. The third-order valence-electron chi connectivity index (χ3n) is 4.32. The second kappa shape index (κ2) is 7.24. The van der Waals surface area contributed by atoms with E-state index in [-0.39, 0.29) is 16.9 Å². The highest BCUT2D eigenvalue weighted by Crippen LogP contribution is 2.35. The summed E-state index contributed by atoms with van der Waals surface area (Å²) in [5.41, 5.74) is -1.68. The number of halogens is 4. The van der Waals surface area contributed by atoms with Gasteiger partial charge in [-0.15, -0.1) is 0 Å². The lowest BCUT2D eigenvalue weighted by Crippen LogP contribution is -2.47. The van der Waals surface area contributed by atoms with Crippen LogP contribution in [0.1, 0.15) is 28.9 Å². The van der Waals surface area contributed by atoms with Gasteiger partial charge in [0, 0.05) is 25.3 Å². The summed E-state index contributed by atoms with van der Waals surface area (Å²) in [6.07, 6.45) is -0.958. The summed E-state index contributed by atoms with van der Waals surface area (Å²) in [6.45, 7) is 0.756. The first-order valence-electron chi connectivity index (χ1n) is 8.05. The van der Waals surface area contributed by atoms with Gasteiger partial charge < -0.3 is 10.2 Å². The van der Waals surface area contributed by atoms with Crippen molar-refractivity contribution in [1.29, 1.82) is 0 Å². The van der Waals surface area contributed by atoms with Gasteiger partial charge in [0.25, 0.3) is 5.91 Å². The number of carbonyl (C=O) groups is 1. The van der Waals surface area contributed by atoms with Crippen molar-refractivity contribution in [2.75, 3.05) is 20.1 Å². The molecule has 6 nitrogen and oxygen atoms in total. The third-order valence-corrected chi connectivity index (χ3v) is 4.62. The molecule has 1 aliphatic rings. The molecule has 10 heteroatoms. The maximum Gasteiger partial charge on any atom is 0.434 e. The average molecular weight is 388 g/mol. The monoisotopic (exact) mass is 387 g/mol. The molecule has 0 bridgehead atoms. The molecular formula is C16H17ClF3N5O. The molecule has 1 saturated heterocycles. The zero-order valence-corrected chi connectivity index (χ0v) is 14.7. The number of nitrogens with zero attached hydrogens (tertiary/aromatic N) is 4. The van der Waals surface area contributed by atoms with Crippen LogP contribution in [-0.4, -0.2) is 51.8 Å². The minimum atomic E-state index is -4.79. The SMILES string of the molecule is CNC1CCCN(C(=O)c2cnn(-c3ncccc3Cl)c2C(F)(F)F)C1. The highest BCUT2D eigenvalue weighted by Gasteiger charge is 2.42. The van der Waals surface area contributed by atoms with Gasteiger partial charge in [0.1, 0.15) is 0 Å². The van der Waals surface area contributed by atoms with Crippen LogP contribution in [0.4, 0.5) is 13.2 Å². The quantitative estimate of drug-likeness (QED) is 0.879. The highest BCUT2D eigenvalue weighted by atomic mass is 35.5. The van der Waals surface area contributed by atoms with Crippen molar-refractivity contribution in [1.82, 2.24) is 25.0 Å². The topological polar surface area (TPSA) is 63.1 Å². The van der Waals surface area contributed by atoms with E-state index >= 15 is 0 Å². The molecule has 1 amide bonds. The molecule has 26 heavy (non-hydrogen) atoms. The van der Waals surface area contributed by atoms with Gasteiger partial charge in [0.2, 0.25) is 0 Å². The summed E-state index contributed by atoms with van der Waals surface area (Å²) in [5.74, 6) is -0.872. The largest absolute Gasteiger partial charge is 0.434 e. The second-order valence-corrected chi connectivity index (χ2v) is 6.41. The predicted molar refractivity (Wildman–Crippen MR) is 89.4 cm³/mol. The van der Waals surface area contributed by atoms with Gasteiger partial charge in [0.05, 0.1) is 16.8 Å². The molecule has 2 aromatic rings. The molecule has 0 aliphatic carbocycles. The molecule has 3 rings (SSSR count). The third kappa shape index (κ3) is 3.54.